The minimum atomic E-state index is 0.691. The zero-order chi connectivity index (χ0) is 38.7. The smallest absolute Gasteiger partial charge is 0.160 e. The van der Waals surface area contributed by atoms with Crippen LogP contribution in [0.4, 0.5) is 0 Å². The first-order chi connectivity index (χ1) is 28.6. The summed E-state index contributed by atoms with van der Waals surface area (Å²) in [6.45, 7) is 0. The Morgan fingerprint density at radius 3 is 1.48 bits per heavy atom. The molecule has 0 N–H and O–H groups in total. The standard InChI is InChI=1S/C52H32I2N4/c53-38-23-17-33(18-24-38)46-32-47(34-19-25-39(54)26-20-34)56-52(55-46)37-9-8-12-41(29-37)58-48-15-6-4-13-42(48)44-27-21-36(31-51(44)58)35-22-28-50-45(30-35)43-14-5-7-16-49(43)57(50)40-10-2-1-3-11-40/h1-32H. The van der Waals surface area contributed by atoms with Gasteiger partial charge in [-0.1, -0.05) is 109 Å². The normalized spacial score (nSPS) is 11.6. The van der Waals surface area contributed by atoms with Gasteiger partial charge in [0.25, 0.3) is 0 Å². The van der Waals surface area contributed by atoms with Crippen LogP contribution in [0.3, 0.4) is 0 Å². The number of halogens is 2. The van der Waals surface area contributed by atoms with E-state index < -0.39 is 0 Å². The molecule has 0 atom stereocenters. The zero-order valence-electron chi connectivity index (χ0n) is 31.0. The van der Waals surface area contributed by atoms with Crippen LogP contribution in [0.15, 0.2) is 194 Å². The summed E-state index contributed by atoms with van der Waals surface area (Å²) in [6, 6.07) is 69.6. The van der Waals surface area contributed by atoms with E-state index in [0.29, 0.717) is 5.82 Å². The van der Waals surface area contributed by atoms with Gasteiger partial charge in [0.2, 0.25) is 0 Å². The first-order valence-corrected chi connectivity index (χ1v) is 21.4. The Bertz CT molecular complexity index is 3280. The summed E-state index contributed by atoms with van der Waals surface area (Å²) in [7, 11) is 0. The van der Waals surface area contributed by atoms with Gasteiger partial charge in [-0.15, -0.1) is 0 Å². The van der Waals surface area contributed by atoms with E-state index in [1.54, 1.807) is 0 Å². The van der Waals surface area contributed by atoms with Crippen molar-refractivity contribution in [2.45, 2.75) is 0 Å². The van der Waals surface area contributed by atoms with Crippen molar-refractivity contribution in [2.75, 3.05) is 0 Å². The minimum absolute atomic E-state index is 0.691. The molecule has 11 aromatic rings. The van der Waals surface area contributed by atoms with Crippen molar-refractivity contribution in [1.82, 2.24) is 19.1 Å². The predicted molar refractivity (Wildman–Crippen MR) is 258 cm³/mol. The zero-order valence-corrected chi connectivity index (χ0v) is 35.3. The molecule has 0 fully saturated rings. The molecule has 0 unspecified atom stereocenters. The Hall–Kier alpha value is -6.10. The number of para-hydroxylation sites is 3. The molecule has 0 bridgehead atoms. The van der Waals surface area contributed by atoms with Crippen LogP contribution in [0.25, 0.3) is 100 Å². The van der Waals surface area contributed by atoms with Gasteiger partial charge in [0, 0.05) is 56.8 Å². The number of rotatable bonds is 6. The summed E-state index contributed by atoms with van der Waals surface area (Å²) in [5.74, 6) is 0.691. The molecule has 11 rings (SSSR count). The molecule has 0 aliphatic heterocycles. The van der Waals surface area contributed by atoms with E-state index in [1.165, 1.54) is 50.8 Å². The molecule has 0 spiro atoms. The fraction of sp³-hybridized carbons (Fsp3) is 0. The van der Waals surface area contributed by atoms with Crippen LogP contribution in [0.2, 0.25) is 0 Å². The van der Waals surface area contributed by atoms with E-state index in [9.17, 15) is 0 Å². The minimum Gasteiger partial charge on any atom is -0.309 e. The maximum absolute atomic E-state index is 5.19. The lowest BCUT2D eigenvalue weighted by atomic mass is 10.0. The average Bonchev–Trinajstić information content (AvgIpc) is 3.79. The van der Waals surface area contributed by atoms with Gasteiger partial charge in [-0.05, 0) is 141 Å². The van der Waals surface area contributed by atoms with E-state index in [1.807, 2.05) is 0 Å². The summed E-state index contributed by atoms with van der Waals surface area (Å²) in [5, 5.41) is 4.91. The molecule has 274 valence electrons. The highest BCUT2D eigenvalue weighted by atomic mass is 127. The molecule has 3 heterocycles. The Balaban J connectivity index is 1.07. The van der Waals surface area contributed by atoms with Crippen molar-refractivity contribution in [3.8, 4) is 56.4 Å². The van der Waals surface area contributed by atoms with Crippen LogP contribution in [0.1, 0.15) is 0 Å². The van der Waals surface area contributed by atoms with Gasteiger partial charge in [0.1, 0.15) is 0 Å². The van der Waals surface area contributed by atoms with Gasteiger partial charge in [-0.2, -0.15) is 0 Å². The Labute approximate surface area is 362 Å². The van der Waals surface area contributed by atoms with Gasteiger partial charge in [0.05, 0.1) is 33.5 Å². The molecular formula is C52H32I2N4. The van der Waals surface area contributed by atoms with Crippen molar-refractivity contribution >= 4 is 88.8 Å². The highest BCUT2D eigenvalue weighted by Crippen LogP contribution is 2.39. The maximum atomic E-state index is 5.19. The third-order valence-electron chi connectivity index (χ3n) is 11.1. The Morgan fingerprint density at radius 2 is 0.810 bits per heavy atom. The summed E-state index contributed by atoms with van der Waals surface area (Å²) < 4.78 is 7.13. The lowest BCUT2D eigenvalue weighted by Crippen LogP contribution is -1.98. The molecule has 58 heavy (non-hydrogen) atoms. The largest absolute Gasteiger partial charge is 0.309 e. The van der Waals surface area contributed by atoms with Crippen LogP contribution in [0, 0.1) is 7.14 Å². The number of aromatic nitrogens is 4. The fourth-order valence-electron chi connectivity index (χ4n) is 8.33. The predicted octanol–water partition coefficient (Wildman–Crippen LogP) is 14.5. The van der Waals surface area contributed by atoms with E-state index in [-0.39, 0.29) is 0 Å². The number of nitrogens with zero attached hydrogens (tertiary/aromatic N) is 4. The second-order valence-electron chi connectivity index (χ2n) is 14.5. The Kier molecular flexibility index (Phi) is 8.70. The van der Waals surface area contributed by atoms with Crippen molar-refractivity contribution in [3.63, 3.8) is 0 Å². The van der Waals surface area contributed by atoms with Crippen LogP contribution in [-0.4, -0.2) is 19.1 Å². The molecule has 0 saturated heterocycles. The summed E-state index contributed by atoms with van der Waals surface area (Å²) in [6.07, 6.45) is 0. The summed E-state index contributed by atoms with van der Waals surface area (Å²) in [4.78, 5) is 10.4. The van der Waals surface area contributed by atoms with Gasteiger partial charge in [-0.3, -0.25) is 0 Å². The van der Waals surface area contributed by atoms with Crippen molar-refractivity contribution in [1.29, 1.82) is 0 Å². The van der Waals surface area contributed by atoms with E-state index in [0.717, 1.165) is 50.5 Å². The fourth-order valence-corrected chi connectivity index (χ4v) is 9.05. The molecule has 6 heteroatoms. The number of fused-ring (bicyclic) bond motifs is 6. The van der Waals surface area contributed by atoms with Crippen LogP contribution >= 0.6 is 45.2 Å². The Morgan fingerprint density at radius 1 is 0.310 bits per heavy atom. The quantitative estimate of drug-likeness (QED) is 0.156. The number of benzene rings is 8. The third kappa shape index (κ3) is 6.10. The number of hydrogen-bond donors (Lipinski definition) is 0. The topological polar surface area (TPSA) is 35.6 Å². The second-order valence-corrected chi connectivity index (χ2v) is 17.0. The molecular weight excluding hydrogens is 934 g/mol. The first-order valence-electron chi connectivity index (χ1n) is 19.2. The van der Waals surface area contributed by atoms with Crippen molar-refractivity contribution in [3.05, 3.63) is 201 Å². The molecule has 0 amide bonds. The first kappa shape index (κ1) is 35.1. The molecule has 4 nitrogen and oxygen atoms in total. The monoisotopic (exact) mass is 966 g/mol. The second kappa shape index (κ2) is 14.4. The van der Waals surface area contributed by atoms with Crippen LogP contribution in [0.5, 0.6) is 0 Å². The highest BCUT2D eigenvalue weighted by Gasteiger charge is 2.18. The SMILES string of the molecule is Ic1ccc(-c2cc(-c3ccc(I)cc3)nc(-c3cccc(-n4c5ccccc5c5ccc(-c6ccc7c(c6)c6ccccc6n7-c6ccccc6)cc54)c3)n2)cc1. The molecule has 0 aliphatic rings. The number of hydrogen-bond acceptors (Lipinski definition) is 2. The molecule has 0 radical (unpaired) electrons. The van der Waals surface area contributed by atoms with Gasteiger partial charge in [0.15, 0.2) is 5.82 Å². The van der Waals surface area contributed by atoms with Crippen molar-refractivity contribution in [2.24, 2.45) is 0 Å². The molecule has 0 saturated carbocycles. The van der Waals surface area contributed by atoms with E-state index in [4.69, 9.17) is 9.97 Å². The molecule has 0 aliphatic carbocycles. The van der Waals surface area contributed by atoms with E-state index in [2.05, 4.69) is 248 Å². The third-order valence-corrected chi connectivity index (χ3v) is 12.5. The van der Waals surface area contributed by atoms with Gasteiger partial charge in [-0.25, -0.2) is 9.97 Å². The van der Waals surface area contributed by atoms with Gasteiger partial charge < -0.3 is 9.13 Å². The van der Waals surface area contributed by atoms with Gasteiger partial charge >= 0.3 is 0 Å². The lowest BCUT2D eigenvalue weighted by molar-refractivity contribution is 1.16. The molecule has 3 aromatic heterocycles. The van der Waals surface area contributed by atoms with Crippen molar-refractivity contribution < 1.29 is 0 Å². The maximum Gasteiger partial charge on any atom is 0.160 e. The summed E-state index contributed by atoms with van der Waals surface area (Å²) in [5.41, 5.74) is 14.1. The van der Waals surface area contributed by atoms with Crippen LogP contribution in [-0.2, 0) is 0 Å². The van der Waals surface area contributed by atoms with Crippen LogP contribution < -0.4 is 0 Å². The molecule has 8 aromatic carbocycles. The highest BCUT2D eigenvalue weighted by molar-refractivity contribution is 14.1. The lowest BCUT2D eigenvalue weighted by Gasteiger charge is -2.13. The summed E-state index contributed by atoms with van der Waals surface area (Å²) >= 11 is 4.70. The average molecular weight is 967 g/mol. The van der Waals surface area contributed by atoms with E-state index >= 15 is 0 Å².